The van der Waals surface area contributed by atoms with Crippen LogP contribution in [-0.2, 0) is 14.3 Å². The summed E-state index contributed by atoms with van der Waals surface area (Å²) in [6.45, 7) is 6.61. The number of hydrogen-bond donors (Lipinski definition) is 1. The SMILES string of the molecule is Cc1cccc(N2CCN(C(=O)C3CC3C(=O)NCC3CCCO3)CC2)c1. The summed E-state index contributed by atoms with van der Waals surface area (Å²) >= 11 is 0. The van der Waals surface area contributed by atoms with Crippen molar-refractivity contribution in [3.05, 3.63) is 29.8 Å². The molecule has 2 heterocycles. The number of nitrogens with one attached hydrogen (secondary N) is 1. The van der Waals surface area contributed by atoms with Crippen molar-refractivity contribution in [2.24, 2.45) is 11.8 Å². The number of ether oxygens (including phenoxy) is 1. The smallest absolute Gasteiger partial charge is 0.226 e. The van der Waals surface area contributed by atoms with E-state index in [1.165, 1.54) is 11.3 Å². The average molecular weight is 371 g/mol. The highest BCUT2D eigenvalue weighted by atomic mass is 16.5. The summed E-state index contributed by atoms with van der Waals surface area (Å²) in [7, 11) is 0. The first-order valence-electron chi connectivity index (χ1n) is 10.1. The third-order valence-electron chi connectivity index (χ3n) is 5.93. The summed E-state index contributed by atoms with van der Waals surface area (Å²) < 4.78 is 5.53. The predicted octanol–water partition coefficient (Wildman–Crippen LogP) is 1.57. The maximum atomic E-state index is 12.7. The first-order chi connectivity index (χ1) is 13.1. The van der Waals surface area contributed by atoms with E-state index in [9.17, 15) is 9.59 Å². The summed E-state index contributed by atoms with van der Waals surface area (Å²) in [6.07, 6.45) is 2.92. The van der Waals surface area contributed by atoms with E-state index in [4.69, 9.17) is 4.74 Å². The van der Waals surface area contributed by atoms with Gasteiger partial charge in [0.1, 0.15) is 0 Å². The molecule has 4 rings (SSSR count). The summed E-state index contributed by atoms with van der Waals surface area (Å²) in [5.74, 6) is -0.105. The van der Waals surface area contributed by atoms with Crippen LogP contribution in [0.4, 0.5) is 5.69 Å². The number of nitrogens with zero attached hydrogens (tertiary/aromatic N) is 2. The average Bonchev–Trinajstić information content (AvgIpc) is 3.32. The Labute approximate surface area is 160 Å². The van der Waals surface area contributed by atoms with Crippen LogP contribution in [0.15, 0.2) is 24.3 Å². The van der Waals surface area contributed by atoms with E-state index in [-0.39, 0.29) is 29.8 Å². The highest BCUT2D eigenvalue weighted by Crippen LogP contribution is 2.40. The summed E-state index contributed by atoms with van der Waals surface area (Å²) in [6, 6.07) is 8.49. The highest BCUT2D eigenvalue weighted by molar-refractivity contribution is 5.92. The Morgan fingerprint density at radius 1 is 1.19 bits per heavy atom. The van der Waals surface area contributed by atoms with Crippen molar-refractivity contribution in [3.63, 3.8) is 0 Å². The number of carbonyl (C=O) groups excluding carboxylic acids is 2. The summed E-state index contributed by atoms with van der Waals surface area (Å²) in [5.41, 5.74) is 2.47. The fourth-order valence-corrected chi connectivity index (χ4v) is 4.15. The molecule has 0 spiro atoms. The molecule has 1 N–H and O–H groups in total. The number of benzene rings is 1. The lowest BCUT2D eigenvalue weighted by Crippen LogP contribution is -2.49. The number of hydrogen-bond acceptors (Lipinski definition) is 4. The van der Waals surface area contributed by atoms with Gasteiger partial charge in [0.25, 0.3) is 0 Å². The van der Waals surface area contributed by atoms with E-state index in [1.54, 1.807) is 0 Å². The second-order valence-corrected chi connectivity index (χ2v) is 7.98. The highest BCUT2D eigenvalue weighted by Gasteiger charge is 2.49. The van der Waals surface area contributed by atoms with Crippen molar-refractivity contribution < 1.29 is 14.3 Å². The largest absolute Gasteiger partial charge is 0.376 e. The molecule has 1 aromatic rings. The number of aryl methyl sites for hydroxylation is 1. The molecule has 3 atom stereocenters. The fourth-order valence-electron chi connectivity index (χ4n) is 4.15. The van der Waals surface area contributed by atoms with Crippen molar-refractivity contribution in [2.75, 3.05) is 44.2 Å². The topological polar surface area (TPSA) is 61.9 Å². The van der Waals surface area contributed by atoms with Crippen molar-refractivity contribution in [3.8, 4) is 0 Å². The number of rotatable bonds is 5. The van der Waals surface area contributed by atoms with Gasteiger partial charge in [0, 0.05) is 45.0 Å². The molecule has 1 saturated carbocycles. The Morgan fingerprint density at radius 2 is 2.00 bits per heavy atom. The minimum atomic E-state index is -0.145. The van der Waals surface area contributed by atoms with Gasteiger partial charge in [0.15, 0.2) is 0 Å². The van der Waals surface area contributed by atoms with Crippen LogP contribution in [0.2, 0.25) is 0 Å². The third kappa shape index (κ3) is 4.26. The van der Waals surface area contributed by atoms with Crippen molar-refractivity contribution in [1.29, 1.82) is 0 Å². The lowest BCUT2D eigenvalue weighted by Gasteiger charge is -2.36. The molecule has 2 saturated heterocycles. The van der Waals surface area contributed by atoms with Crippen LogP contribution < -0.4 is 10.2 Å². The van der Waals surface area contributed by atoms with Crippen LogP contribution >= 0.6 is 0 Å². The minimum absolute atomic E-state index is 0.0160. The van der Waals surface area contributed by atoms with E-state index in [0.717, 1.165) is 45.6 Å². The first-order valence-corrected chi connectivity index (χ1v) is 10.1. The predicted molar refractivity (Wildman–Crippen MR) is 104 cm³/mol. The standard InChI is InChI=1S/C21H29N3O3/c1-15-4-2-5-16(12-15)23-7-9-24(10-8-23)21(26)19-13-18(19)20(25)22-14-17-6-3-11-27-17/h2,4-5,12,17-19H,3,6-11,13-14H2,1H3,(H,22,25). The molecule has 6 heteroatoms. The lowest BCUT2D eigenvalue weighted by molar-refractivity contribution is -0.135. The third-order valence-corrected chi connectivity index (χ3v) is 5.93. The Morgan fingerprint density at radius 3 is 2.70 bits per heavy atom. The number of piperazine rings is 1. The van der Waals surface area contributed by atoms with Crippen LogP contribution in [-0.4, -0.2) is 62.1 Å². The van der Waals surface area contributed by atoms with Gasteiger partial charge in [-0.1, -0.05) is 12.1 Å². The van der Waals surface area contributed by atoms with Crippen molar-refractivity contribution in [2.45, 2.75) is 32.3 Å². The molecular formula is C21H29N3O3. The maximum absolute atomic E-state index is 12.7. The van der Waals surface area contributed by atoms with E-state index in [2.05, 4.69) is 41.4 Å². The molecule has 2 amide bonds. The van der Waals surface area contributed by atoms with Gasteiger partial charge < -0.3 is 19.9 Å². The molecular weight excluding hydrogens is 342 g/mol. The Kier molecular flexibility index (Phi) is 5.34. The Bertz CT molecular complexity index is 694. The van der Waals surface area contributed by atoms with Gasteiger partial charge >= 0.3 is 0 Å². The maximum Gasteiger partial charge on any atom is 0.226 e. The Hall–Kier alpha value is -2.08. The first kappa shape index (κ1) is 18.3. The normalized spacial score (nSPS) is 27.5. The molecule has 146 valence electrons. The number of amides is 2. The molecule has 1 aliphatic carbocycles. The van der Waals surface area contributed by atoms with Crippen LogP contribution in [0.3, 0.4) is 0 Å². The summed E-state index contributed by atoms with van der Waals surface area (Å²) in [4.78, 5) is 29.3. The fraction of sp³-hybridized carbons (Fsp3) is 0.619. The molecule has 3 fully saturated rings. The summed E-state index contributed by atoms with van der Waals surface area (Å²) in [5, 5.41) is 2.97. The van der Waals surface area contributed by atoms with Gasteiger partial charge in [-0.15, -0.1) is 0 Å². The molecule has 6 nitrogen and oxygen atoms in total. The molecule has 0 aromatic heterocycles. The zero-order chi connectivity index (χ0) is 18.8. The van der Waals surface area contributed by atoms with Crippen LogP contribution in [0.25, 0.3) is 0 Å². The lowest BCUT2D eigenvalue weighted by atomic mass is 10.1. The van der Waals surface area contributed by atoms with E-state index in [1.807, 2.05) is 4.90 Å². The molecule has 2 aliphatic heterocycles. The van der Waals surface area contributed by atoms with Gasteiger partial charge in [0.05, 0.1) is 17.9 Å². The van der Waals surface area contributed by atoms with E-state index < -0.39 is 0 Å². The van der Waals surface area contributed by atoms with Crippen molar-refractivity contribution in [1.82, 2.24) is 10.2 Å². The van der Waals surface area contributed by atoms with E-state index in [0.29, 0.717) is 13.0 Å². The number of anilines is 1. The zero-order valence-electron chi connectivity index (χ0n) is 16.0. The van der Waals surface area contributed by atoms with Crippen LogP contribution in [0.1, 0.15) is 24.8 Å². The monoisotopic (exact) mass is 371 g/mol. The van der Waals surface area contributed by atoms with Crippen LogP contribution in [0, 0.1) is 18.8 Å². The van der Waals surface area contributed by atoms with Gasteiger partial charge in [-0.25, -0.2) is 0 Å². The zero-order valence-corrected chi connectivity index (χ0v) is 16.0. The quantitative estimate of drug-likeness (QED) is 0.854. The molecule has 27 heavy (non-hydrogen) atoms. The Balaban J connectivity index is 1.22. The minimum Gasteiger partial charge on any atom is -0.376 e. The van der Waals surface area contributed by atoms with E-state index >= 15 is 0 Å². The molecule has 1 aromatic carbocycles. The number of carbonyl (C=O) groups is 2. The second kappa shape index (κ2) is 7.89. The van der Waals surface area contributed by atoms with Gasteiger partial charge in [0.2, 0.25) is 11.8 Å². The van der Waals surface area contributed by atoms with Gasteiger partial charge in [-0.05, 0) is 43.9 Å². The van der Waals surface area contributed by atoms with Crippen LogP contribution in [0.5, 0.6) is 0 Å². The molecule has 0 bridgehead atoms. The molecule has 3 aliphatic rings. The van der Waals surface area contributed by atoms with Crippen molar-refractivity contribution >= 4 is 17.5 Å². The second-order valence-electron chi connectivity index (χ2n) is 7.98. The molecule has 0 radical (unpaired) electrons. The van der Waals surface area contributed by atoms with Gasteiger partial charge in [-0.2, -0.15) is 0 Å². The van der Waals surface area contributed by atoms with Gasteiger partial charge in [-0.3, -0.25) is 9.59 Å². The molecule has 3 unspecified atom stereocenters.